The molecule has 1 aliphatic carbocycles. The third-order valence-corrected chi connectivity index (χ3v) is 2.28. The Morgan fingerprint density at radius 1 is 1.73 bits per heavy atom. The van der Waals surface area contributed by atoms with Gasteiger partial charge < -0.3 is 5.11 Å². The van der Waals surface area contributed by atoms with E-state index in [-0.39, 0.29) is 0 Å². The summed E-state index contributed by atoms with van der Waals surface area (Å²) in [5, 5.41) is 9.56. The third-order valence-electron chi connectivity index (χ3n) is 2.28. The van der Waals surface area contributed by atoms with Crippen molar-refractivity contribution in [2.24, 2.45) is 5.92 Å². The van der Waals surface area contributed by atoms with Gasteiger partial charge in [0.15, 0.2) is 0 Å². The van der Waals surface area contributed by atoms with E-state index in [0.29, 0.717) is 5.92 Å². The smallest absolute Gasteiger partial charge is 0.0800 e. The Bertz CT molecular complexity index is 189. The highest BCUT2D eigenvalue weighted by molar-refractivity contribution is 5.14. The summed E-state index contributed by atoms with van der Waals surface area (Å²) in [5.41, 5.74) is 0.614. The highest BCUT2D eigenvalue weighted by Crippen LogP contribution is 2.28. The van der Waals surface area contributed by atoms with E-state index in [1.165, 1.54) is 5.57 Å². The molecule has 62 valence electrons. The van der Waals surface area contributed by atoms with Crippen molar-refractivity contribution < 1.29 is 5.11 Å². The molecule has 0 saturated carbocycles. The molecule has 0 aromatic heterocycles. The van der Waals surface area contributed by atoms with Crippen LogP contribution in [0.4, 0.5) is 0 Å². The molecule has 2 atom stereocenters. The summed E-state index contributed by atoms with van der Waals surface area (Å²) in [5.74, 6) is 0.482. The van der Waals surface area contributed by atoms with Gasteiger partial charge in [0.05, 0.1) is 5.60 Å². The van der Waals surface area contributed by atoms with Crippen LogP contribution in [0.1, 0.15) is 26.7 Å². The largest absolute Gasteiger partial charge is 0.386 e. The molecule has 1 heteroatoms. The van der Waals surface area contributed by atoms with Crippen molar-refractivity contribution in [3.63, 3.8) is 0 Å². The predicted molar refractivity (Wildman–Crippen MR) is 47.3 cm³/mol. The fourth-order valence-corrected chi connectivity index (χ4v) is 1.36. The van der Waals surface area contributed by atoms with Crippen molar-refractivity contribution >= 4 is 0 Å². The van der Waals surface area contributed by atoms with Crippen LogP contribution < -0.4 is 0 Å². The average Bonchev–Trinajstić information content (AvgIpc) is 1.86. The molecule has 0 radical (unpaired) electrons. The van der Waals surface area contributed by atoms with Crippen molar-refractivity contribution in [2.75, 3.05) is 0 Å². The van der Waals surface area contributed by atoms with E-state index in [2.05, 4.69) is 12.7 Å². The van der Waals surface area contributed by atoms with Crippen molar-refractivity contribution in [1.29, 1.82) is 0 Å². The molecular weight excluding hydrogens is 136 g/mol. The van der Waals surface area contributed by atoms with Crippen LogP contribution in [0.15, 0.2) is 24.3 Å². The van der Waals surface area contributed by atoms with Gasteiger partial charge in [-0.3, -0.25) is 0 Å². The summed E-state index contributed by atoms with van der Waals surface area (Å²) in [4.78, 5) is 0. The zero-order chi connectivity index (χ0) is 8.48. The lowest BCUT2D eigenvalue weighted by Gasteiger charge is -2.27. The van der Waals surface area contributed by atoms with Gasteiger partial charge in [-0.1, -0.05) is 24.3 Å². The molecular formula is C10H16O. The van der Waals surface area contributed by atoms with Gasteiger partial charge in [-0.25, -0.2) is 0 Å². The van der Waals surface area contributed by atoms with Crippen LogP contribution in [0.5, 0.6) is 0 Å². The molecule has 0 spiro atoms. The van der Waals surface area contributed by atoms with Crippen LogP contribution in [0.3, 0.4) is 0 Å². The molecule has 0 bridgehead atoms. The standard InChI is InChI=1S/C10H16O/c1-8(2)9-4-6-10(3,11)7-5-9/h4,6,9,11H,1,5,7H2,2-3H3/t9-,10?/m0/s1. The summed E-state index contributed by atoms with van der Waals surface area (Å²) >= 11 is 0. The molecule has 0 aromatic rings. The molecule has 0 heterocycles. The minimum atomic E-state index is -0.577. The lowest BCUT2D eigenvalue weighted by Crippen LogP contribution is -2.25. The van der Waals surface area contributed by atoms with Crippen molar-refractivity contribution in [3.05, 3.63) is 24.3 Å². The number of rotatable bonds is 1. The van der Waals surface area contributed by atoms with E-state index in [1.54, 1.807) is 0 Å². The summed E-state index contributed by atoms with van der Waals surface area (Å²) in [7, 11) is 0. The van der Waals surface area contributed by atoms with Crippen molar-refractivity contribution in [1.82, 2.24) is 0 Å². The maximum absolute atomic E-state index is 9.56. The van der Waals surface area contributed by atoms with Gasteiger partial charge in [0.25, 0.3) is 0 Å². The molecule has 1 nitrogen and oxygen atoms in total. The first-order valence-electron chi connectivity index (χ1n) is 4.08. The van der Waals surface area contributed by atoms with Gasteiger partial charge in [0, 0.05) is 0 Å². The first kappa shape index (κ1) is 8.54. The van der Waals surface area contributed by atoms with Crippen LogP contribution in [0.25, 0.3) is 0 Å². The van der Waals surface area contributed by atoms with E-state index >= 15 is 0 Å². The Kier molecular flexibility index (Phi) is 2.19. The average molecular weight is 152 g/mol. The zero-order valence-corrected chi connectivity index (χ0v) is 7.30. The van der Waals surface area contributed by atoms with Crippen LogP contribution >= 0.6 is 0 Å². The molecule has 0 aromatic carbocycles. The monoisotopic (exact) mass is 152 g/mol. The molecule has 1 N–H and O–H groups in total. The maximum Gasteiger partial charge on any atom is 0.0800 e. The third kappa shape index (κ3) is 2.19. The Labute approximate surface area is 68.4 Å². The van der Waals surface area contributed by atoms with Gasteiger partial charge >= 0.3 is 0 Å². The first-order chi connectivity index (χ1) is 5.01. The SMILES string of the molecule is C=C(C)[C@H]1C=CC(C)(O)CC1. The summed E-state index contributed by atoms with van der Waals surface area (Å²) < 4.78 is 0. The van der Waals surface area contributed by atoms with Gasteiger partial charge in [0.2, 0.25) is 0 Å². The molecule has 0 saturated heterocycles. The summed E-state index contributed by atoms with van der Waals surface area (Å²) in [6, 6.07) is 0. The second-order valence-corrected chi connectivity index (χ2v) is 3.71. The first-order valence-corrected chi connectivity index (χ1v) is 4.08. The molecule has 0 amide bonds. The van der Waals surface area contributed by atoms with Crippen LogP contribution in [0.2, 0.25) is 0 Å². The van der Waals surface area contributed by atoms with E-state index in [0.717, 1.165) is 12.8 Å². The molecule has 1 rings (SSSR count). The topological polar surface area (TPSA) is 20.2 Å². The van der Waals surface area contributed by atoms with E-state index in [1.807, 2.05) is 19.9 Å². The van der Waals surface area contributed by atoms with Crippen LogP contribution in [0, 0.1) is 5.92 Å². The van der Waals surface area contributed by atoms with Gasteiger partial charge in [0.1, 0.15) is 0 Å². The number of aliphatic hydroxyl groups is 1. The minimum absolute atomic E-state index is 0.482. The van der Waals surface area contributed by atoms with Gasteiger partial charge in [-0.05, 0) is 32.6 Å². The number of hydrogen-bond acceptors (Lipinski definition) is 1. The van der Waals surface area contributed by atoms with Crippen molar-refractivity contribution in [3.8, 4) is 0 Å². The molecule has 11 heavy (non-hydrogen) atoms. The summed E-state index contributed by atoms with van der Waals surface area (Å²) in [6.07, 6.45) is 5.82. The highest BCUT2D eigenvalue weighted by Gasteiger charge is 2.23. The quantitative estimate of drug-likeness (QED) is 0.571. The molecule has 0 fully saturated rings. The van der Waals surface area contributed by atoms with Gasteiger partial charge in [-0.15, -0.1) is 0 Å². The fraction of sp³-hybridized carbons (Fsp3) is 0.600. The Morgan fingerprint density at radius 3 is 2.73 bits per heavy atom. The lowest BCUT2D eigenvalue weighted by atomic mass is 9.84. The second-order valence-electron chi connectivity index (χ2n) is 3.71. The maximum atomic E-state index is 9.56. The second kappa shape index (κ2) is 2.82. The lowest BCUT2D eigenvalue weighted by molar-refractivity contribution is 0.0903. The Balaban J connectivity index is 2.63. The highest BCUT2D eigenvalue weighted by atomic mass is 16.3. The molecule has 1 unspecified atom stereocenters. The van der Waals surface area contributed by atoms with Crippen LogP contribution in [-0.4, -0.2) is 10.7 Å². The predicted octanol–water partition coefficient (Wildman–Crippen LogP) is 2.28. The Hall–Kier alpha value is -0.560. The fourth-order valence-electron chi connectivity index (χ4n) is 1.36. The minimum Gasteiger partial charge on any atom is -0.386 e. The van der Waals surface area contributed by atoms with E-state index in [9.17, 15) is 5.11 Å². The van der Waals surface area contributed by atoms with E-state index in [4.69, 9.17) is 0 Å². The van der Waals surface area contributed by atoms with E-state index < -0.39 is 5.60 Å². The Morgan fingerprint density at radius 2 is 2.36 bits per heavy atom. The van der Waals surface area contributed by atoms with Crippen LogP contribution in [-0.2, 0) is 0 Å². The summed E-state index contributed by atoms with van der Waals surface area (Å²) in [6.45, 7) is 7.78. The van der Waals surface area contributed by atoms with Gasteiger partial charge in [-0.2, -0.15) is 0 Å². The zero-order valence-electron chi connectivity index (χ0n) is 7.30. The molecule has 0 aliphatic heterocycles. The number of hydrogen-bond donors (Lipinski definition) is 1. The normalized spacial score (nSPS) is 37.2. The molecule has 1 aliphatic rings. The van der Waals surface area contributed by atoms with Crippen molar-refractivity contribution in [2.45, 2.75) is 32.3 Å². The number of allylic oxidation sites excluding steroid dienone is 2.